The number of aryl methyl sites for hydroxylation is 2. The Hall–Kier alpha value is -1.59. The highest BCUT2D eigenvalue weighted by Crippen LogP contribution is 2.37. The average molecular weight is 332 g/mol. The predicted octanol–water partition coefficient (Wildman–Crippen LogP) is 2.29. The van der Waals surface area contributed by atoms with Crippen LogP contribution in [-0.2, 0) is 19.4 Å². The second-order valence-electron chi connectivity index (χ2n) is 7.57. The Morgan fingerprint density at radius 3 is 2.83 bits per heavy atom. The van der Waals surface area contributed by atoms with Crippen molar-refractivity contribution < 1.29 is 0 Å². The van der Waals surface area contributed by atoms with E-state index in [1.54, 1.807) is 0 Å². The number of rotatable bonds is 5. The Morgan fingerprint density at radius 1 is 1.33 bits per heavy atom. The summed E-state index contributed by atoms with van der Waals surface area (Å²) in [5, 5.41) is 11.6. The summed E-state index contributed by atoms with van der Waals surface area (Å²) in [7, 11) is 0. The lowest BCUT2D eigenvalue weighted by Gasteiger charge is -2.26. The topological polar surface area (TPSA) is 67.1 Å². The molecule has 1 aliphatic heterocycles. The Kier molecular flexibility index (Phi) is 5.41. The summed E-state index contributed by atoms with van der Waals surface area (Å²) in [5.41, 5.74) is 0.393. The van der Waals surface area contributed by atoms with E-state index in [1.807, 2.05) is 0 Å². The van der Waals surface area contributed by atoms with Gasteiger partial charge in [-0.05, 0) is 31.6 Å². The summed E-state index contributed by atoms with van der Waals surface area (Å²) in [6.07, 6.45) is 8.30. The molecule has 0 amide bonds. The molecule has 1 unspecified atom stereocenters. The maximum Gasteiger partial charge on any atom is 0.191 e. The van der Waals surface area contributed by atoms with E-state index in [0.717, 1.165) is 56.5 Å². The minimum atomic E-state index is 0.373. The van der Waals surface area contributed by atoms with Gasteiger partial charge in [-0.2, -0.15) is 5.10 Å². The lowest BCUT2D eigenvalue weighted by atomic mass is 9.89. The normalized spacial score (nSPS) is 23.1. The van der Waals surface area contributed by atoms with E-state index in [2.05, 4.69) is 46.2 Å². The molecule has 0 spiro atoms. The molecule has 3 rings (SSSR count). The molecule has 1 saturated carbocycles. The predicted molar refractivity (Wildman–Crippen MR) is 97.2 cm³/mol. The maximum absolute atomic E-state index is 4.89. The van der Waals surface area contributed by atoms with Gasteiger partial charge in [-0.25, -0.2) is 9.67 Å². The van der Waals surface area contributed by atoms with E-state index in [4.69, 9.17) is 4.99 Å². The fourth-order valence-corrected chi connectivity index (χ4v) is 3.80. The third kappa shape index (κ3) is 4.08. The molecule has 2 aliphatic rings. The van der Waals surface area contributed by atoms with E-state index in [1.165, 1.54) is 25.7 Å². The zero-order valence-electron chi connectivity index (χ0n) is 15.4. The Balaban J connectivity index is 1.61. The van der Waals surface area contributed by atoms with E-state index in [-0.39, 0.29) is 0 Å². The van der Waals surface area contributed by atoms with Gasteiger partial charge in [-0.1, -0.05) is 26.7 Å². The Morgan fingerprint density at radius 2 is 2.12 bits per heavy atom. The van der Waals surface area contributed by atoms with Crippen LogP contribution in [0.15, 0.2) is 4.99 Å². The highest BCUT2D eigenvalue weighted by atomic mass is 15.4. The van der Waals surface area contributed by atoms with Crippen LogP contribution in [0.4, 0.5) is 0 Å². The first-order valence-corrected chi connectivity index (χ1v) is 9.59. The molecule has 1 aromatic heterocycles. The molecular weight excluding hydrogens is 300 g/mol. The standard InChI is InChI=1S/C18H32N6/c1-4-15-22-16-9-8-14(12-24(16)23-15)21-17(19-5-2)20-13-18(3)10-6-7-11-18/h14H,4-13H2,1-3H3,(H2,19,20,21). The van der Waals surface area contributed by atoms with Gasteiger partial charge in [0, 0.05) is 32.0 Å². The molecule has 24 heavy (non-hydrogen) atoms. The maximum atomic E-state index is 4.89. The molecule has 1 fully saturated rings. The summed E-state index contributed by atoms with van der Waals surface area (Å²) >= 11 is 0. The number of nitrogens with one attached hydrogen (secondary N) is 2. The molecule has 0 radical (unpaired) electrons. The number of fused-ring (bicyclic) bond motifs is 1. The Bertz CT molecular complexity index is 570. The third-order valence-corrected chi connectivity index (χ3v) is 5.33. The molecule has 6 nitrogen and oxygen atoms in total. The molecule has 2 N–H and O–H groups in total. The lowest BCUT2D eigenvalue weighted by Crippen LogP contribution is -2.47. The van der Waals surface area contributed by atoms with E-state index in [9.17, 15) is 0 Å². The van der Waals surface area contributed by atoms with Crippen molar-refractivity contribution in [2.24, 2.45) is 10.4 Å². The molecule has 1 aliphatic carbocycles. The summed E-state index contributed by atoms with van der Waals surface area (Å²) in [6.45, 7) is 9.30. The quantitative estimate of drug-likeness (QED) is 0.641. The summed E-state index contributed by atoms with van der Waals surface area (Å²) < 4.78 is 2.07. The van der Waals surface area contributed by atoms with Crippen molar-refractivity contribution in [3.63, 3.8) is 0 Å². The van der Waals surface area contributed by atoms with E-state index >= 15 is 0 Å². The van der Waals surface area contributed by atoms with Crippen LogP contribution in [0, 0.1) is 5.41 Å². The SMILES string of the molecule is CCNC(=NCC1(C)CCCC1)NC1CCc2nc(CC)nn2C1. The largest absolute Gasteiger partial charge is 0.357 e. The number of aliphatic imine (C=N–C) groups is 1. The molecule has 6 heteroatoms. The number of hydrogen-bond acceptors (Lipinski definition) is 3. The van der Waals surface area contributed by atoms with Crippen LogP contribution in [0.3, 0.4) is 0 Å². The zero-order chi connectivity index (χ0) is 17.0. The molecule has 1 aromatic rings. The lowest BCUT2D eigenvalue weighted by molar-refractivity contribution is 0.348. The number of hydrogen-bond donors (Lipinski definition) is 2. The number of nitrogens with zero attached hydrogens (tertiary/aromatic N) is 4. The molecule has 2 heterocycles. The van der Waals surface area contributed by atoms with Crippen LogP contribution in [0.1, 0.15) is 64.5 Å². The second-order valence-corrected chi connectivity index (χ2v) is 7.57. The highest BCUT2D eigenvalue weighted by molar-refractivity contribution is 5.80. The first kappa shape index (κ1) is 17.2. The second kappa shape index (κ2) is 7.53. The van der Waals surface area contributed by atoms with Crippen molar-refractivity contribution in [1.29, 1.82) is 0 Å². The van der Waals surface area contributed by atoms with Gasteiger partial charge >= 0.3 is 0 Å². The van der Waals surface area contributed by atoms with Crippen LogP contribution in [-0.4, -0.2) is 39.9 Å². The minimum Gasteiger partial charge on any atom is -0.357 e. The first-order chi connectivity index (χ1) is 11.6. The van der Waals surface area contributed by atoms with Gasteiger partial charge in [0.2, 0.25) is 0 Å². The van der Waals surface area contributed by atoms with Crippen LogP contribution >= 0.6 is 0 Å². The zero-order valence-corrected chi connectivity index (χ0v) is 15.4. The van der Waals surface area contributed by atoms with Crippen LogP contribution < -0.4 is 10.6 Å². The summed E-state index contributed by atoms with van der Waals surface area (Å²) in [5.74, 6) is 3.04. The number of aromatic nitrogens is 3. The first-order valence-electron chi connectivity index (χ1n) is 9.59. The van der Waals surface area contributed by atoms with Crippen molar-refractivity contribution in [2.45, 2.75) is 78.3 Å². The smallest absolute Gasteiger partial charge is 0.191 e. The summed E-state index contributed by atoms with van der Waals surface area (Å²) in [6, 6.07) is 0.373. The van der Waals surface area contributed by atoms with Crippen molar-refractivity contribution in [3.8, 4) is 0 Å². The van der Waals surface area contributed by atoms with Gasteiger partial charge in [0.25, 0.3) is 0 Å². The number of guanidine groups is 1. The highest BCUT2D eigenvalue weighted by Gasteiger charge is 2.28. The molecule has 1 atom stereocenters. The average Bonchev–Trinajstić information content (AvgIpc) is 3.19. The van der Waals surface area contributed by atoms with Gasteiger partial charge in [-0.3, -0.25) is 4.99 Å². The third-order valence-electron chi connectivity index (χ3n) is 5.33. The van der Waals surface area contributed by atoms with Crippen molar-refractivity contribution in [3.05, 3.63) is 11.6 Å². The molecule has 134 valence electrons. The molecular formula is C18H32N6. The van der Waals surface area contributed by atoms with Gasteiger partial charge < -0.3 is 10.6 Å². The van der Waals surface area contributed by atoms with Gasteiger partial charge in [0.15, 0.2) is 11.8 Å². The van der Waals surface area contributed by atoms with Gasteiger partial charge in [-0.15, -0.1) is 0 Å². The molecule has 0 aromatic carbocycles. The monoisotopic (exact) mass is 332 g/mol. The van der Waals surface area contributed by atoms with Gasteiger partial charge in [0.05, 0.1) is 6.54 Å². The van der Waals surface area contributed by atoms with Crippen molar-refractivity contribution >= 4 is 5.96 Å². The molecule has 0 saturated heterocycles. The van der Waals surface area contributed by atoms with Crippen LogP contribution in [0.2, 0.25) is 0 Å². The van der Waals surface area contributed by atoms with Crippen molar-refractivity contribution in [2.75, 3.05) is 13.1 Å². The molecule has 0 bridgehead atoms. The fraction of sp³-hybridized carbons (Fsp3) is 0.833. The van der Waals surface area contributed by atoms with Gasteiger partial charge in [0.1, 0.15) is 5.82 Å². The van der Waals surface area contributed by atoms with E-state index in [0.29, 0.717) is 11.5 Å². The van der Waals surface area contributed by atoms with Crippen LogP contribution in [0.5, 0.6) is 0 Å². The minimum absolute atomic E-state index is 0.373. The summed E-state index contributed by atoms with van der Waals surface area (Å²) in [4.78, 5) is 9.48. The Labute approximate surface area is 145 Å². The van der Waals surface area contributed by atoms with E-state index < -0.39 is 0 Å². The van der Waals surface area contributed by atoms with Crippen molar-refractivity contribution in [1.82, 2.24) is 25.4 Å². The fourth-order valence-electron chi connectivity index (χ4n) is 3.80. The van der Waals surface area contributed by atoms with Crippen LogP contribution in [0.25, 0.3) is 0 Å².